The van der Waals surface area contributed by atoms with E-state index in [4.69, 9.17) is 10.3 Å². The summed E-state index contributed by atoms with van der Waals surface area (Å²) in [5.41, 5.74) is 8.35. The molecule has 0 radical (unpaired) electrons. The number of aromatic nitrogens is 2. The summed E-state index contributed by atoms with van der Waals surface area (Å²) < 4.78 is 4.91. The lowest BCUT2D eigenvalue weighted by molar-refractivity contribution is 0.430. The third-order valence-electron chi connectivity index (χ3n) is 1.88. The van der Waals surface area contributed by atoms with Gasteiger partial charge in [0.25, 0.3) is 5.89 Å². The lowest BCUT2D eigenvalue weighted by Crippen LogP contribution is -1.89. The molecule has 13 heavy (non-hydrogen) atoms. The number of anilines is 1. The molecule has 4 heteroatoms. The fraction of sp³-hybridized carbons (Fsp3) is 0.111. The van der Waals surface area contributed by atoms with Crippen molar-refractivity contribution >= 4 is 5.69 Å². The molecule has 0 unspecified atom stereocenters. The molecule has 1 aromatic heterocycles. The zero-order valence-electron chi connectivity index (χ0n) is 7.19. The highest BCUT2D eigenvalue weighted by Gasteiger charge is 2.04. The predicted octanol–water partition coefficient (Wildman–Crippen LogP) is 1.63. The van der Waals surface area contributed by atoms with Crippen LogP contribution >= 0.6 is 0 Å². The molecule has 4 nitrogen and oxygen atoms in total. The minimum atomic E-state index is 0.517. The molecule has 0 aliphatic carbocycles. The van der Waals surface area contributed by atoms with E-state index in [0.717, 1.165) is 16.8 Å². The second-order valence-corrected chi connectivity index (χ2v) is 2.82. The Morgan fingerprint density at radius 2 is 2.23 bits per heavy atom. The number of hydrogen-bond donors (Lipinski definition) is 1. The first kappa shape index (κ1) is 7.79. The van der Waals surface area contributed by atoms with Crippen LogP contribution in [0.2, 0.25) is 0 Å². The Hall–Kier alpha value is -1.84. The van der Waals surface area contributed by atoms with E-state index in [0.29, 0.717) is 5.89 Å². The number of rotatable bonds is 1. The van der Waals surface area contributed by atoms with Gasteiger partial charge in [-0.3, -0.25) is 0 Å². The second kappa shape index (κ2) is 2.90. The average molecular weight is 175 g/mol. The molecule has 1 aromatic carbocycles. The molecule has 2 N–H and O–H groups in total. The molecular weight excluding hydrogens is 166 g/mol. The highest BCUT2D eigenvalue weighted by atomic mass is 16.5. The van der Waals surface area contributed by atoms with Gasteiger partial charge in [-0.05, 0) is 30.7 Å². The van der Waals surface area contributed by atoms with Crippen LogP contribution < -0.4 is 5.73 Å². The number of benzene rings is 1. The lowest BCUT2D eigenvalue weighted by atomic mass is 10.1. The van der Waals surface area contributed by atoms with Gasteiger partial charge in [-0.15, -0.1) is 0 Å². The van der Waals surface area contributed by atoms with Gasteiger partial charge in [0.15, 0.2) is 6.33 Å². The highest BCUT2D eigenvalue weighted by molar-refractivity contribution is 5.60. The van der Waals surface area contributed by atoms with Crippen LogP contribution in [-0.4, -0.2) is 10.1 Å². The number of nitrogen functional groups attached to an aromatic ring is 1. The predicted molar refractivity (Wildman–Crippen MR) is 48.9 cm³/mol. The molecule has 0 saturated carbocycles. The van der Waals surface area contributed by atoms with E-state index in [9.17, 15) is 0 Å². The van der Waals surface area contributed by atoms with Crippen molar-refractivity contribution < 1.29 is 4.52 Å². The topological polar surface area (TPSA) is 64.9 Å². The number of aryl methyl sites for hydroxylation is 1. The van der Waals surface area contributed by atoms with Gasteiger partial charge in [0.1, 0.15) is 0 Å². The van der Waals surface area contributed by atoms with Gasteiger partial charge in [0, 0.05) is 11.3 Å². The van der Waals surface area contributed by atoms with Gasteiger partial charge in [-0.25, -0.2) is 0 Å². The lowest BCUT2D eigenvalue weighted by Gasteiger charge is -2.00. The van der Waals surface area contributed by atoms with E-state index in [1.54, 1.807) is 0 Å². The Balaban J connectivity index is 2.49. The van der Waals surface area contributed by atoms with Crippen LogP contribution in [-0.2, 0) is 0 Å². The maximum atomic E-state index is 5.68. The van der Waals surface area contributed by atoms with Crippen LogP contribution in [0.5, 0.6) is 0 Å². The Kier molecular flexibility index (Phi) is 1.73. The SMILES string of the molecule is Cc1cc(-c2ncno2)ccc1N. The van der Waals surface area contributed by atoms with E-state index in [1.807, 2.05) is 25.1 Å². The zero-order chi connectivity index (χ0) is 9.26. The van der Waals surface area contributed by atoms with Crippen molar-refractivity contribution in [3.8, 4) is 11.5 Å². The molecule has 2 rings (SSSR count). The van der Waals surface area contributed by atoms with Crippen LogP contribution in [0.25, 0.3) is 11.5 Å². The maximum Gasteiger partial charge on any atom is 0.257 e. The third-order valence-corrected chi connectivity index (χ3v) is 1.88. The van der Waals surface area contributed by atoms with Gasteiger partial charge >= 0.3 is 0 Å². The first-order valence-electron chi connectivity index (χ1n) is 3.90. The molecule has 0 spiro atoms. The first-order valence-corrected chi connectivity index (χ1v) is 3.90. The zero-order valence-corrected chi connectivity index (χ0v) is 7.19. The van der Waals surface area contributed by atoms with Crippen molar-refractivity contribution in [2.24, 2.45) is 0 Å². The van der Waals surface area contributed by atoms with Crippen LogP contribution in [0.15, 0.2) is 29.0 Å². The Morgan fingerprint density at radius 1 is 1.38 bits per heavy atom. The fourth-order valence-electron chi connectivity index (χ4n) is 1.11. The van der Waals surface area contributed by atoms with Gasteiger partial charge in [-0.2, -0.15) is 4.98 Å². The molecule has 66 valence electrons. The molecule has 0 amide bonds. The molecule has 0 aliphatic rings. The first-order chi connectivity index (χ1) is 6.27. The summed E-state index contributed by atoms with van der Waals surface area (Å²) in [5, 5.41) is 3.53. The molecule has 0 fully saturated rings. The van der Waals surface area contributed by atoms with Crippen molar-refractivity contribution in [1.29, 1.82) is 0 Å². The molecule has 0 aliphatic heterocycles. The van der Waals surface area contributed by atoms with E-state index in [-0.39, 0.29) is 0 Å². The van der Waals surface area contributed by atoms with Gasteiger partial charge in [0.05, 0.1) is 0 Å². The summed E-state index contributed by atoms with van der Waals surface area (Å²) >= 11 is 0. The van der Waals surface area contributed by atoms with E-state index in [1.165, 1.54) is 6.33 Å². The van der Waals surface area contributed by atoms with Crippen molar-refractivity contribution in [1.82, 2.24) is 10.1 Å². The Morgan fingerprint density at radius 3 is 2.85 bits per heavy atom. The van der Waals surface area contributed by atoms with Gasteiger partial charge in [0.2, 0.25) is 0 Å². The van der Waals surface area contributed by atoms with E-state index in [2.05, 4.69) is 10.1 Å². The Bertz CT molecular complexity index is 409. The second-order valence-electron chi connectivity index (χ2n) is 2.82. The maximum absolute atomic E-state index is 5.68. The van der Waals surface area contributed by atoms with Gasteiger partial charge in [-0.1, -0.05) is 5.16 Å². The van der Waals surface area contributed by atoms with Crippen molar-refractivity contribution in [2.45, 2.75) is 6.92 Å². The van der Waals surface area contributed by atoms with E-state index >= 15 is 0 Å². The summed E-state index contributed by atoms with van der Waals surface area (Å²) in [7, 11) is 0. The Labute approximate surface area is 75.4 Å². The fourth-order valence-corrected chi connectivity index (χ4v) is 1.11. The molecule has 0 atom stereocenters. The van der Waals surface area contributed by atoms with Gasteiger partial charge < -0.3 is 10.3 Å². The molecule has 2 aromatic rings. The molecule has 0 bridgehead atoms. The van der Waals surface area contributed by atoms with Crippen molar-refractivity contribution in [2.75, 3.05) is 5.73 Å². The monoisotopic (exact) mass is 175 g/mol. The van der Waals surface area contributed by atoms with Crippen molar-refractivity contribution in [3.05, 3.63) is 30.1 Å². The van der Waals surface area contributed by atoms with Crippen LogP contribution in [0.3, 0.4) is 0 Å². The molecule has 0 saturated heterocycles. The average Bonchev–Trinajstić information content (AvgIpc) is 2.62. The molecule has 1 heterocycles. The summed E-state index contributed by atoms with van der Waals surface area (Å²) in [6.45, 7) is 1.94. The van der Waals surface area contributed by atoms with Crippen LogP contribution in [0.4, 0.5) is 5.69 Å². The number of nitrogens with two attached hydrogens (primary N) is 1. The summed E-state index contributed by atoms with van der Waals surface area (Å²) in [6.07, 6.45) is 1.38. The summed E-state index contributed by atoms with van der Waals surface area (Å²) in [5.74, 6) is 0.517. The minimum Gasteiger partial charge on any atom is -0.399 e. The highest BCUT2D eigenvalue weighted by Crippen LogP contribution is 2.20. The van der Waals surface area contributed by atoms with Crippen LogP contribution in [0, 0.1) is 6.92 Å². The van der Waals surface area contributed by atoms with Crippen molar-refractivity contribution in [3.63, 3.8) is 0 Å². The quantitative estimate of drug-likeness (QED) is 0.669. The van der Waals surface area contributed by atoms with Crippen LogP contribution in [0.1, 0.15) is 5.56 Å². The minimum absolute atomic E-state index is 0.517. The smallest absolute Gasteiger partial charge is 0.257 e. The summed E-state index contributed by atoms with van der Waals surface area (Å²) in [4.78, 5) is 3.94. The largest absolute Gasteiger partial charge is 0.399 e. The molecular formula is C9H9N3O. The number of nitrogens with zero attached hydrogens (tertiary/aromatic N) is 2. The standard InChI is InChI=1S/C9H9N3O/c1-6-4-7(2-3-8(6)10)9-11-5-12-13-9/h2-5H,10H2,1H3. The van der Waals surface area contributed by atoms with E-state index < -0.39 is 0 Å². The number of hydrogen-bond acceptors (Lipinski definition) is 4. The normalized spacial score (nSPS) is 10.2. The summed E-state index contributed by atoms with van der Waals surface area (Å²) in [6, 6.07) is 5.60. The third kappa shape index (κ3) is 1.38.